The monoisotopic (exact) mass is 456 g/mol. The first-order valence-corrected chi connectivity index (χ1v) is 14.3. The Labute approximate surface area is 192 Å². The fraction of sp³-hybridized carbons (Fsp3) is 0.731. The summed E-state index contributed by atoms with van der Waals surface area (Å²) in [5.41, 5.74) is 2.54. The highest BCUT2D eigenvalue weighted by atomic mass is 32.2. The lowest BCUT2D eigenvalue weighted by atomic mass is 9.53. The van der Waals surface area contributed by atoms with E-state index in [1.54, 1.807) is 10.4 Å². The summed E-state index contributed by atoms with van der Waals surface area (Å²) in [7, 11) is -3.49. The number of sulfonamides is 1. The zero-order valence-electron chi connectivity index (χ0n) is 19.0. The summed E-state index contributed by atoms with van der Waals surface area (Å²) in [6, 6.07) is 5.69. The molecule has 5 fully saturated rings. The van der Waals surface area contributed by atoms with Crippen molar-refractivity contribution in [1.82, 2.24) is 9.62 Å². The van der Waals surface area contributed by atoms with Crippen LogP contribution in [0, 0.1) is 23.7 Å². The standard InChI is InChI=1S/C26H36N2O3S/c29-25(27-26-15-18-11-19(16-26)13-20(12-18)17-26)22-7-9-28(10-8-22)32(30,31)24-6-5-21-3-1-2-4-23(21)14-24/h5-6,14,18-20,22H,1-4,7-13,15-17H2,(H,27,29). The van der Waals surface area contributed by atoms with Crippen LogP contribution in [0.5, 0.6) is 0 Å². The predicted molar refractivity (Wildman–Crippen MR) is 124 cm³/mol. The van der Waals surface area contributed by atoms with E-state index in [-0.39, 0.29) is 17.4 Å². The van der Waals surface area contributed by atoms with Gasteiger partial charge in [-0.05, 0) is 118 Å². The summed E-state index contributed by atoms with van der Waals surface area (Å²) in [5.74, 6) is 2.55. The highest BCUT2D eigenvalue weighted by Gasteiger charge is 2.52. The second-order valence-corrected chi connectivity index (χ2v) is 13.4. The number of rotatable bonds is 4. The van der Waals surface area contributed by atoms with Crippen LogP contribution in [0.4, 0.5) is 0 Å². The largest absolute Gasteiger partial charge is 0.350 e. The van der Waals surface area contributed by atoms with Crippen molar-refractivity contribution in [2.75, 3.05) is 13.1 Å². The highest BCUT2D eigenvalue weighted by Crippen LogP contribution is 2.55. The summed E-state index contributed by atoms with van der Waals surface area (Å²) in [6.45, 7) is 0.886. The minimum absolute atomic E-state index is 0.0399. The number of amides is 1. The Morgan fingerprint density at radius 2 is 1.50 bits per heavy atom. The fourth-order valence-corrected chi connectivity index (χ4v) is 9.53. The topological polar surface area (TPSA) is 66.5 Å². The van der Waals surface area contributed by atoms with Crippen molar-refractivity contribution in [2.45, 2.75) is 87.5 Å². The molecule has 5 nitrogen and oxygen atoms in total. The molecular formula is C26H36N2O3S. The van der Waals surface area contributed by atoms with E-state index < -0.39 is 10.0 Å². The Hall–Kier alpha value is -1.40. The number of nitrogens with one attached hydrogen (secondary N) is 1. The van der Waals surface area contributed by atoms with Gasteiger partial charge in [0.15, 0.2) is 0 Å². The van der Waals surface area contributed by atoms with Gasteiger partial charge in [-0.25, -0.2) is 8.42 Å². The number of carbonyl (C=O) groups excluding carboxylic acids is 1. The van der Waals surface area contributed by atoms with Crippen LogP contribution in [0.2, 0.25) is 0 Å². The first-order chi connectivity index (χ1) is 15.4. The second-order valence-electron chi connectivity index (χ2n) is 11.5. The molecule has 1 N–H and O–H groups in total. The first kappa shape index (κ1) is 21.2. The number of aryl methyl sites for hydroxylation is 2. The number of hydrogen-bond donors (Lipinski definition) is 1. The SMILES string of the molecule is O=C(NC12CC3CC(CC(C3)C1)C2)C1CCN(S(=O)(=O)c2ccc3c(c2)CCCC3)CC1. The number of fused-ring (bicyclic) bond motifs is 1. The minimum Gasteiger partial charge on any atom is -0.350 e. The van der Waals surface area contributed by atoms with Crippen LogP contribution in [0.25, 0.3) is 0 Å². The van der Waals surface area contributed by atoms with Gasteiger partial charge in [0.2, 0.25) is 15.9 Å². The van der Waals surface area contributed by atoms with Gasteiger partial charge in [-0.3, -0.25) is 4.79 Å². The average molecular weight is 457 g/mol. The van der Waals surface area contributed by atoms with Crippen LogP contribution < -0.4 is 5.32 Å². The van der Waals surface area contributed by atoms with E-state index in [1.165, 1.54) is 36.8 Å². The predicted octanol–water partition coefficient (Wildman–Crippen LogP) is 4.05. The lowest BCUT2D eigenvalue weighted by molar-refractivity contribution is -0.132. The molecule has 0 radical (unpaired) electrons. The van der Waals surface area contributed by atoms with E-state index in [2.05, 4.69) is 5.32 Å². The average Bonchev–Trinajstić information content (AvgIpc) is 2.77. The van der Waals surface area contributed by atoms with E-state index in [1.807, 2.05) is 12.1 Å². The van der Waals surface area contributed by atoms with Gasteiger partial charge in [0.05, 0.1) is 4.90 Å². The molecule has 4 saturated carbocycles. The van der Waals surface area contributed by atoms with E-state index in [9.17, 15) is 13.2 Å². The highest BCUT2D eigenvalue weighted by molar-refractivity contribution is 7.89. The third kappa shape index (κ3) is 3.71. The van der Waals surface area contributed by atoms with Gasteiger partial charge < -0.3 is 5.32 Å². The number of piperidine rings is 1. The van der Waals surface area contributed by atoms with Crippen molar-refractivity contribution in [2.24, 2.45) is 23.7 Å². The molecule has 0 atom stereocenters. The molecule has 4 bridgehead atoms. The van der Waals surface area contributed by atoms with Gasteiger partial charge >= 0.3 is 0 Å². The second kappa shape index (κ2) is 7.83. The van der Waals surface area contributed by atoms with Crippen LogP contribution in [-0.4, -0.2) is 37.3 Å². The van der Waals surface area contributed by atoms with Crippen LogP contribution in [0.15, 0.2) is 23.1 Å². The summed E-state index contributed by atoms with van der Waals surface area (Å²) in [5, 5.41) is 3.51. The molecule has 0 spiro atoms. The van der Waals surface area contributed by atoms with Gasteiger partial charge in [0.1, 0.15) is 0 Å². The summed E-state index contributed by atoms with van der Waals surface area (Å²) < 4.78 is 28.2. The molecule has 0 unspecified atom stereocenters. The molecule has 6 aliphatic rings. The van der Waals surface area contributed by atoms with E-state index >= 15 is 0 Å². The molecule has 5 aliphatic carbocycles. The minimum atomic E-state index is -3.49. The zero-order valence-corrected chi connectivity index (χ0v) is 19.8. The van der Waals surface area contributed by atoms with Gasteiger partial charge in [-0.1, -0.05) is 6.07 Å². The maximum atomic E-state index is 13.3. The molecule has 7 rings (SSSR count). The molecule has 1 aromatic rings. The van der Waals surface area contributed by atoms with Crippen LogP contribution in [-0.2, 0) is 27.7 Å². The number of nitrogens with zero attached hydrogens (tertiary/aromatic N) is 1. The number of benzene rings is 1. The molecule has 1 aliphatic heterocycles. The van der Waals surface area contributed by atoms with E-state index in [4.69, 9.17) is 0 Å². The normalized spacial score (nSPS) is 34.9. The zero-order chi connectivity index (χ0) is 21.9. The Morgan fingerprint density at radius 1 is 0.906 bits per heavy atom. The third-order valence-electron chi connectivity index (χ3n) is 9.21. The van der Waals surface area contributed by atoms with Crippen LogP contribution in [0.1, 0.15) is 75.3 Å². The van der Waals surface area contributed by atoms with Crippen molar-refractivity contribution in [3.63, 3.8) is 0 Å². The molecule has 0 aromatic heterocycles. The fourth-order valence-electron chi connectivity index (χ4n) is 8.00. The summed E-state index contributed by atoms with van der Waals surface area (Å²) in [4.78, 5) is 13.6. The molecule has 1 saturated heterocycles. The molecule has 1 heterocycles. The van der Waals surface area contributed by atoms with Crippen molar-refractivity contribution < 1.29 is 13.2 Å². The Kier molecular flexibility index (Phi) is 5.18. The van der Waals surface area contributed by atoms with Crippen LogP contribution >= 0.6 is 0 Å². The Morgan fingerprint density at radius 3 is 2.12 bits per heavy atom. The lowest BCUT2D eigenvalue weighted by Crippen LogP contribution is -2.61. The van der Waals surface area contributed by atoms with Crippen LogP contribution in [0.3, 0.4) is 0 Å². The first-order valence-electron chi connectivity index (χ1n) is 12.8. The van der Waals surface area contributed by atoms with E-state index in [0.29, 0.717) is 30.8 Å². The molecule has 1 amide bonds. The quantitative estimate of drug-likeness (QED) is 0.743. The van der Waals surface area contributed by atoms with Crippen molar-refractivity contribution in [3.05, 3.63) is 29.3 Å². The maximum absolute atomic E-state index is 13.3. The molecule has 174 valence electrons. The number of hydrogen-bond acceptors (Lipinski definition) is 3. The van der Waals surface area contributed by atoms with E-state index in [0.717, 1.165) is 56.3 Å². The van der Waals surface area contributed by atoms with Crippen molar-refractivity contribution >= 4 is 15.9 Å². The van der Waals surface area contributed by atoms with Crippen molar-refractivity contribution in [1.29, 1.82) is 0 Å². The van der Waals surface area contributed by atoms with Crippen molar-refractivity contribution in [3.8, 4) is 0 Å². The number of carbonyl (C=O) groups is 1. The molecule has 32 heavy (non-hydrogen) atoms. The molecular weight excluding hydrogens is 420 g/mol. The molecule has 6 heteroatoms. The van der Waals surface area contributed by atoms with Gasteiger partial charge in [0.25, 0.3) is 0 Å². The molecule has 1 aromatic carbocycles. The Balaban J connectivity index is 1.09. The van der Waals surface area contributed by atoms with Gasteiger partial charge in [-0.15, -0.1) is 0 Å². The third-order valence-corrected chi connectivity index (χ3v) is 11.1. The maximum Gasteiger partial charge on any atom is 0.243 e. The van der Waals surface area contributed by atoms with Gasteiger partial charge in [0, 0.05) is 24.5 Å². The Bertz CT molecular complexity index is 975. The smallest absolute Gasteiger partial charge is 0.243 e. The summed E-state index contributed by atoms with van der Waals surface area (Å²) >= 11 is 0. The lowest BCUT2D eigenvalue weighted by Gasteiger charge is -2.57. The van der Waals surface area contributed by atoms with Gasteiger partial charge in [-0.2, -0.15) is 4.31 Å². The summed E-state index contributed by atoms with van der Waals surface area (Å²) in [6.07, 6.45) is 13.2.